The van der Waals surface area contributed by atoms with Crippen LogP contribution in [0.25, 0.3) is 10.8 Å². The normalized spacial score (nSPS) is 14.6. The van der Waals surface area contributed by atoms with Crippen LogP contribution in [0.4, 0.5) is 23.3 Å². The van der Waals surface area contributed by atoms with Crippen LogP contribution in [0, 0.1) is 0 Å². The number of hydrogen-bond acceptors (Lipinski definition) is 7. The molecule has 0 amide bonds. The number of nitrogens with one attached hydrogen (secondary N) is 1. The Morgan fingerprint density at radius 1 is 0.781 bits per heavy atom. The van der Waals surface area contributed by atoms with Gasteiger partial charge in [0.25, 0.3) is 0 Å². The summed E-state index contributed by atoms with van der Waals surface area (Å²) >= 11 is 0. The van der Waals surface area contributed by atoms with Crippen LogP contribution in [0.5, 0.6) is 0 Å². The summed E-state index contributed by atoms with van der Waals surface area (Å²) < 4.78 is 0. The zero-order valence-corrected chi connectivity index (χ0v) is 18.0. The van der Waals surface area contributed by atoms with Crippen molar-refractivity contribution in [1.29, 1.82) is 0 Å². The first kappa shape index (κ1) is 20.2. The average Bonchev–Trinajstić information content (AvgIpc) is 2.84. The van der Waals surface area contributed by atoms with Crippen molar-refractivity contribution in [3.63, 3.8) is 0 Å². The number of nitrogen functional groups attached to an aromatic ring is 1. The topological polar surface area (TPSA) is 83.2 Å². The Morgan fingerprint density at radius 2 is 1.53 bits per heavy atom. The van der Waals surface area contributed by atoms with Crippen molar-refractivity contribution in [1.82, 2.24) is 19.9 Å². The first-order chi connectivity index (χ1) is 15.7. The fraction of sp³-hybridized carbons (Fsp3) is 0.240. The van der Waals surface area contributed by atoms with Crippen LogP contribution >= 0.6 is 0 Å². The van der Waals surface area contributed by atoms with Gasteiger partial charge in [-0.15, -0.1) is 0 Å². The summed E-state index contributed by atoms with van der Waals surface area (Å²) in [6.07, 6.45) is 0.738. The van der Waals surface area contributed by atoms with E-state index in [1.54, 1.807) is 0 Å². The lowest BCUT2D eigenvalue weighted by Crippen LogP contribution is -2.47. The van der Waals surface area contributed by atoms with Crippen molar-refractivity contribution in [2.45, 2.75) is 6.42 Å². The minimum Gasteiger partial charge on any atom is -0.369 e. The van der Waals surface area contributed by atoms with Gasteiger partial charge in [0.15, 0.2) is 0 Å². The molecule has 7 heteroatoms. The van der Waals surface area contributed by atoms with Crippen LogP contribution in [0.1, 0.15) is 5.82 Å². The van der Waals surface area contributed by atoms with Crippen LogP contribution < -0.4 is 16.0 Å². The second-order valence-corrected chi connectivity index (χ2v) is 8.00. The monoisotopic (exact) mass is 425 g/mol. The molecule has 32 heavy (non-hydrogen) atoms. The van der Waals surface area contributed by atoms with E-state index in [2.05, 4.69) is 78.6 Å². The van der Waals surface area contributed by atoms with Crippen LogP contribution in [0.15, 0.2) is 72.8 Å². The Hall–Kier alpha value is -3.71. The molecule has 0 bridgehead atoms. The molecule has 1 saturated heterocycles. The van der Waals surface area contributed by atoms with Gasteiger partial charge in [-0.05, 0) is 23.6 Å². The molecule has 162 valence electrons. The zero-order valence-electron chi connectivity index (χ0n) is 18.0. The average molecular weight is 426 g/mol. The molecule has 0 spiro atoms. The molecule has 4 aromatic rings. The summed E-state index contributed by atoms with van der Waals surface area (Å²) in [6.45, 7) is 5.00. The van der Waals surface area contributed by atoms with E-state index < -0.39 is 0 Å². The molecular formula is C25H27N7. The molecule has 2 heterocycles. The summed E-state index contributed by atoms with van der Waals surface area (Å²) in [6, 6.07) is 25.0. The Kier molecular flexibility index (Phi) is 5.81. The van der Waals surface area contributed by atoms with Gasteiger partial charge in [0.1, 0.15) is 5.82 Å². The highest BCUT2D eigenvalue weighted by molar-refractivity contribution is 5.94. The highest BCUT2D eigenvalue weighted by Crippen LogP contribution is 2.25. The minimum absolute atomic E-state index is 0.242. The second-order valence-electron chi connectivity index (χ2n) is 8.00. The van der Waals surface area contributed by atoms with Gasteiger partial charge in [-0.25, -0.2) is 0 Å². The van der Waals surface area contributed by atoms with Gasteiger partial charge in [0, 0.05) is 55.9 Å². The largest absolute Gasteiger partial charge is 0.369 e. The quantitative estimate of drug-likeness (QED) is 0.487. The Labute approximate surface area is 187 Å². The number of piperazine rings is 1. The van der Waals surface area contributed by atoms with Gasteiger partial charge in [-0.2, -0.15) is 15.0 Å². The van der Waals surface area contributed by atoms with Crippen molar-refractivity contribution in [2.75, 3.05) is 48.7 Å². The lowest BCUT2D eigenvalue weighted by Gasteiger charge is -2.36. The van der Waals surface area contributed by atoms with Crippen molar-refractivity contribution in [2.24, 2.45) is 0 Å². The van der Waals surface area contributed by atoms with E-state index in [-0.39, 0.29) is 5.95 Å². The summed E-state index contributed by atoms with van der Waals surface area (Å²) in [5.41, 5.74) is 8.24. The van der Waals surface area contributed by atoms with E-state index >= 15 is 0 Å². The number of nitrogens with two attached hydrogens (primary N) is 1. The van der Waals surface area contributed by atoms with E-state index in [0.29, 0.717) is 11.8 Å². The number of para-hydroxylation sites is 1. The molecule has 0 unspecified atom stereocenters. The number of hydrogen-bond donors (Lipinski definition) is 2. The molecule has 1 aliphatic heterocycles. The number of fused-ring (bicyclic) bond motifs is 1. The molecule has 7 nitrogen and oxygen atoms in total. The third-order valence-corrected chi connectivity index (χ3v) is 5.88. The van der Waals surface area contributed by atoms with Crippen LogP contribution in [-0.2, 0) is 6.42 Å². The number of rotatable bonds is 6. The molecule has 1 fully saturated rings. The first-order valence-electron chi connectivity index (χ1n) is 11.0. The second kappa shape index (κ2) is 9.20. The maximum atomic E-state index is 5.99. The summed E-state index contributed by atoms with van der Waals surface area (Å²) in [5.74, 6) is 1.44. The van der Waals surface area contributed by atoms with Gasteiger partial charge >= 0.3 is 0 Å². The standard InChI is InChI=1S/C25H27N7/c26-24-28-23(13-14-31-15-17-32(18-16-31)20-9-2-1-3-10-20)29-25(30-24)27-22-12-6-8-19-7-4-5-11-21(19)22/h1-12H,13-18H2,(H3,26,27,28,29,30). The number of anilines is 4. The lowest BCUT2D eigenvalue weighted by molar-refractivity contribution is 0.259. The van der Waals surface area contributed by atoms with Gasteiger partial charge in [-0.3, -0.25) is 4.90 Å². The smallest absolute Gasteiger partial charge is 0.232 e. The third-order valence-electron chi connectivity index (χ3n) is 5.88. The van der Waals surface area contributed by atoms with Crippen molar-refractivity contribution in [3.8, 4) is 0 Å². The molecular weight excluding hydrogens is 398 g/mol. The first-order valence-corrected chi connectivity index (χ1v) is 11.0. The number of aromatic nitrogens is 3. The van der Waals surface area contributed by atoms with Crippen molar-refractivity contribution >= 4 is 34.0 Å². The lowest BCUT2D eigenvalue weighted by atomic mass is 10.1. The van der Waals surface area contributed by atoms with E-state index in [9.17, 15) is 0 Å². The molecule has 0 radical (unpaired) electrons. The Morgan fingerprint density at radius 3 is 2.38 bits per heavy atom. The predicted molar refractivity (Wildman–Crippen MR) is 130 cm³/mol. The summed E-state index contributed by atoms with van der Waals surface area (Å²) in [7, 11) is 0. The van der Waals surface area contributed by atoms with Gasteiger partial charge < -0.3 is 16.0 Å². The third kappa shape index (κ3) is 4.63. The Bertz CT molecular complexity index is 1180. The van der Waals surface area contributed by atoms with Crippen LogP contribution in [-0.4, -0.2) is 52.6 Å². The maximum absolute atomic E-state index is 5.99. The SMILES string of the molecule is Nc1nc(CCN2CCN(c3ccccc3)CC2)nc(Nc2cccc3ccccc23)n1. The molecule has 5 rings (SSSR count). The molecule has 0 saturated carbocycles. The molecule has 1 aromatic heterocycles. The van der Waals surface area contributed by atoms with E-state index in [1.165, 1.54) is 5.69 Å². The summed E-state index contributed by atoms with van der Waals surface area (Å²) in [5, 5.41) is 5.61. The molecule has 3 aromatic carbocycles. The van der Waals surface area contributed by atoms with Crippen molar-refractivity contribution < 1.29 is 0 Å². The highest BCUT2D eigenvalue weighted by atomic mass is 15.3. The predicted octanol–water partition coefficient (Wildman–Crippen LogP) is 3.72. The maximum Gasteiger partial charge on any atom is 0.232 e. The zero-order chi connectivity index (χ0) is 21.8. The van der Waals surface area contributed by atoms with Crippen LogP contribution in [0.3, 0.4) is 0 Å². The van der Waals surface area contributed by atoms with Crippen LogP contribution in [0.2, 0.25) is 0 Å². The van der Waals surface area contributed by atoms with Gasteiger partial charge in [-0.1, -0.05) is 54.6 Å². The van der Waals surface area contributed by atoms with Gasteiger partial charge in [0.05, 0.1) is 0 Å². The minimum atomic E-state index is 0.242. The fourth-order valence-corrected chi connectivity index (χ4v) is 4.19. The number of benzene rings is 3. The number of nitrogens with zero attached hydrogens (tertiary/aromatic N) is 5. The molecule has 0 atom stereocenters. The van der Waals surface area contributed by atoms with Gasteiger partial charge in [0.2, 0.25) is 11.9 Å². The van der Waals surface area contributed by atoms with E-state index in [0.717, 1.165) is 55.6 Å². The van der Waals surface area contributed by atoms with E-state index in [4.69, 9.17) is 5.73 Å². The van der Waals surface area contributed by atoms with E-state index in [1.807, 2.05) is 24.3 Å². The summed E-state index contributed by atoms with van der Waals surface area (Å²) in [4.78, 5) is 18.2. The molecule has 1 aliphatic rings. The Balaban J connectivity index is 1.22. The molecule has 0 aliphatic carbocycles. The molecule has 3 N–H and O–H groups in total. The fourth-order valence-electron chi connectivity index (χ4n) is 4.19. The highest BCUT2D eigenvalue weighted by Gasteiger charge is 2.17. The van der Waals surface area contributed by atoms with Crippen molar-refractivity contribution in [3.05, 3.63) is 78.6 Å².